The summed E-state index contributed by atoms with van der Waals surface area (Å²) in [6.07, 6.45) is 0.521. The highest BCUT2D eigenvalue weighted by Gasteiger charge is 2.25. The average Bonchev–Trinajstić information content (AvgIpc) is 2.96. The van der Waals surface area contributed by atoms with Crippen LogP contribution in [-0.4, -0.2) is 28.3 Å². The Morgan fingerprint density at radius 2 is 1.96 bits per heavy atom. The van der Waals surface area contributed by atoms with Gasteiger partial charge in [-0.1, -0.05) is 18.5 Å². The fourth-order valence-electron chi connectivity index (χ4n) is 2.50. The van der Waals surface area contributed by atoms with Crippen LogP contribution in [0.25, 0.3) is 5.70 Å². The van der Waals surface area contributed by atoms with Crippen LogP contribution in [-0.2, 0) is 23.0 Å². The van der Waals surface area contributed by atoms with Gasteiger partial charge in [0.05, 0.1) is 23.0 Å². The third-order valence-corrected chi connectivity index (χ3v) is 4.22. The summed E-state index contributed by atoms with van der Waals surface area (Å²) < 4.78 is 19.5. The van der Waals surface area contributed by atoms with Gasteiger partial charge in [0, 0.05) is 7.05 Å². The molecule has 1 aromatic carbocycles. The monoisotopic (exact) mass is 404 g/mol. The molecule has 0 unspecified atom stereocenters. The molecular formula is C19H18ClFN4O3. The summed E-state index contributed by atoms with van der Waals surface area (Å²) in [5.41, 5.74) is 0.331. The summed E-state index contributed by atoms with van der Waals surface area (Å²) in [5, 5.41) is 16.3. The van der Waals surface area contributed by atoms with E-state index in [1.54, 1.807) is 20.0 Å². The maximum absolute atomic E-state index is 13.3. The van der Waals surface area contributed by atoms with Gasteiger partial charge in [0.1, 0.15) is 17.6 Å². The van der Waals surface area contributed by atoms with E-state index in [-0.39, 0.29) is 28.6 Å². The average molecular weight is 405 g/mol. The molecule has 1 heterocycles. The molecule has 28 heavy (non-hydrogen) atoms. The first-order chi connectivity index (χ1) is 13.3. The second-order valence-electron chi connectivity index (χ2n) is 5.63. The lowest BCUT2D eigenvalue weighted by molar-refractivity contribution is -0.137. The Kier molecular flexibility index (Phi) is 6.90. The number of halogens is 2. The minimum Gasteiger partial charge on any atom is -0.462 e. The molecule has 1 aromatic heterocycles. The fraction of sp³-hybridized carbons (Fsp3) is 0.263. The Morgan fingerprint density at radius 3 is 2.46 bits per heavy atom. The number of esters is 1. The van der Waals surface area contributed by atoms with E-state index >= 15 is 0 Å². The van der Waals surface area contributed by atoms with Crippen molar-refractivity contribution in [3.05, 3.63) is 57.6 Å². The summed E-state index contributed by atoms with van der Waals surface area (Å²) in [7, 11) is 1.55. The predicted octanol–water partition coefficient (Wildman–Crippen LogP) is 3.00. The second kappa shape index (κ2) is 9.15. The van der Waals surface area contributed by atoms with E-state index in [9.17, 15) is 19.2 Å². The quantitative estimate of drug-likeness (QED) is 0.453. The largest absolute Gasteiger partial charge is 0.462 e. The van der Waals surface area contributed by atoms with Crippen LogP contribution in [0.2, 0.25) is 5.02 Å². The molecular weight excluding hydrogens is 387 g/mol. The van der Waals surface area contributed by atoms with Gasteiger partial charge in [-0.2, -0.15) is 10.4 Å². The first-order valence-electron chi connectivity index (χ1n) is 8.44. The summed E-state index contributed by atoms with van der Waals surface area (Å²) in [4.78, 5) is 25.0. The van der Waals surface area contributed by atoms with Gasteiger partial charge in [-0.3, -0.25) is 9.48 Å². The topological polar surface area (TPSA) is 97.0 Å². The summed E-state index contributed by atoms with van der Waals surface area (Å²) in [6, 6.07) is 6.71. The van der Waals surface area contributed by atoms with Crippen LogP contribution in [0.4, 0.5) is 4.39 Å². The van der Waals surface area contributed by atoms with E-state index in [1.807, 2.05) is 6.92 Å². The Morgan fingerprint density at radius 1 is 1.32 bits per heavy atom. The van der Waals surface area contributed by atoms with Crippen LogP contribution >= 0.6 is 11.6 Å². The zero-order valence-electron chi connectivity index (χ0n) is 15.5. The zero-order valence-corrected chi connectivity index (χ0v) is 16.3. The zero-order chi connectivity index (χ0) is 20.8. The van der Waals surface area contributed by atoms with E-state index in [0.717, 1.165) is 12.1 Å². The summed E-state index contributed by atoms with van der Waals surface area (Å²) in [6.45, 7) is 3.47. The standard InChI is InChI=1S/C19H18ClFN4O3/c1-4-14-15(20)17(25(3)24-14)18(26)23-16(11-6-8-12(21)9-7-11)13(10-22)19(27)28-5-2/h6-9H,4-5H2,1-3H3,(H,23,26)/b16-13-. The van der Waals surface area contributed by atoms with E-state index in [1.165, 1.54) is 16.8 Å². The number of nitrogens with zero attached hydrogens (tertiary/aromatic N) is 3. The molecule has 1 amide bonds. The molecule has 0 fully saturated rings. The molecule has 146 valence electrons. The van der Waals surface area contributed by atoms with E-state index < -0.39 is 23.3 Å². The number of aromatic nitrogens is 2. The number of ether oxygens (including phenoxy) is 1. The van der Waals surface area contributed by atoms with Crippen molar-refractivity contribution in [1.82, 2.24) is 15.1 Å². The number of hydrogen-bond donors (Lipinski definition) is 1. The summed E-state index contributed by atoms with van der Waals surface area (Å²) in [5.74, 6) is -2.09. The van der Waals surface area contributed by atoms with Crippen molar-refractivity contribution in [2.45, 2.75) is 20.3 Å². The first-order valence-corrected chi connectivity index (χ1v) is 8.81. The SMILES string of the molecule is CCOC(=O)/C(C#N)=C(\NC(=O)c1c(Cl)c(CC)nn1C)c1ccc(F)cc1. The van der Waals surface area contributed by atoms with Crippen LogP contribution in [0.1, 0.15) is 35.6 Å². The summed E-state index contributed by atoms with van der Waals surface area (Å²) >= 11 is 6.23. The molecule has 2 aromatic rings. The van der Waals surface area contributed by atoms with Crippen LogP contribution in [0.15, 0.2) is 29.8 Å². The fourth-order valence-corrected chi connectivity index (χ4v) is 2.88. The molecule has 0 aliphatic rings. The van der Waals surface area contributed by atoms with Crippen LogP contribution in [0.3, 0.4) is 0 Å². The normalized spacial score (nSPS) is 11.4. The Labute approximate surface area is 166 Å². The molecule has 9 heteroatoms. The van der Waals surface area contributed by atoms with Crippen molar-refractivity contribution in [3.63, 3.8) is 0 Å². The van der Waals surface area contributed by atoms with Gasteiger partial charge in [-0.05, 0) is 43.2 Å². The minimum atomic E-state index is -0.907. The van der Waals surface area contributed by atoms with Gasteiger partial charge < -0.3 is 10.1 Å². The number of carbonyl (C=O) groups is 2. The smallest absolute Gasteiger partial charge is 0.351 e. The second-order valence-corrected chi connectivity index (χ2v) is 6.01. The third-order valence-electron chi connectivity index (χ3n) is 3.82. The Bertz CT molecular complexity index is 974. The highest BCUT2D eigenvalue weighted by atomic mass is 35.5. The van der Waals surface area contributed by atoms with Crippen molar-refractivity contribution in [2.75, 3.05) is 6.61 Å². The molecule has 0 saturated heterocycles. The van der Waals surface area contributed by atoms with Gasteiger partial charge in [-0.25, -0.2) is 9.18 Å². The van der Waals surface area contributed by atoms with E-state index in [2.05, 4.69) is 10.4 Å². The molecule has 0 radical (unpaired) electrons. The number of nitrogens with one attached hydrogen (secondary N) is 1. The predicted molar refractivity (Wildman–Crippen MR) is 101 cm³/mol. The molecule has 0 atom stereocenters. The van der Waals surface area contributed by atoms with E-state index in [4.69, 9.17) is 16.3 Å². The van der Waals surface area contributed by atoms with Gasteiger partial charge in [0.25, 0.3) is 5.91 Å². The first kappa shape index (κ1) is 21.1. The molecule has 0 spiro atoms. The van der Waals surface area contributed by atoms with E-state index in [0.29, 0.717) is 12.1 Å². The number of aryl methyl sites for hydroxylation is 2. The molecule has 0 aliphatic heterocycles. The number of benzene rings is 1. The molecule has 0 bridgehead atoms. The van der Waals surface area contributed by atoms with Gasteiger partial charge >= 0.3 is 5.97 Å². The molecule has 7 nitrogen and oxygen atoms in total. The van der Waals surface area contributed by atoms with Crippen LogP contribution in [0.5, 0.6) is 0 Å². The number of nitriles is 1. The van der Waals surface area contributed by atoms with Crippen molar-refractivity contribution < 1.29 is 18.7 Å². The number of amides is 1. The molecule has 0 aliphatic carbocycles. The van der Waals surface area contributed by atoms with Gasteiger partial charge in [0.2, 0.25) is 0 Å². The maximum atomic E-state index is 13.3. The van der Waals surface area contributed by atoms with Gasteiger partial charge in [-0.15, -0.1) is 0 Å². The number of rotatable bonds is 6. The molecule has 1 N–H and O–H groups in total. The Balaban J connectivity index is 2.56. The van der Waals surface area contributed by atoms with Crippen molar-refractivity contribution in [1.29, 1.82) is 5.26 Å². The maximum Gasteiger partial charge on any atom is 0.351 e. The highest BCUT2D eigenvalue weighted by Crippen LogP contribution is 2.23. The molecule has 2 rings (SSSR count). The lowest BCUT2D eigenvalue weighted by Crippen LogP contribution is -2.27. The lowest BCUT2D eigenvalue weighted by Gasteiger charge is -2.13. The lowest BCUT2D eigenvalue weighted by atomic mass is 10.1. The highest BCUT2D eigenvalue weighted by molar-refractivity contribution is 6.34. The van der Waals surface area contributed by atoms with Crippen LogP contribution < -0.4 is 5.32 Å². The van der Waals surface area contributed by atoms with Crippen molar-refractivity contribution in [3.8, 4) is 6.07 Å². The minimum absolute atomic E-state index is 0.0437. The Hall–Kier alpha value is -3.18. The van der Waals surface area contributed by atoms with Crippen molar-refractivity contribution >= 4 is 29.2 Å². The third kappa shape index (κ3) is 4.38. The van der Waals surface area contributed by atoms with Crippen molar-refractivity contribution in [2.24, 2.45) is 7.05 Å². The molecule has 0 saturated carbocycles. The number of carbonyl (C=O) groups excluding carboxylic acids is 2. The van der Waals surface area contributed by atoms with Crippen LogP contribution in [0, 0.1) is 17.1 Å². The van der Waals surface area contributed by atoms with Gasteiger partial charge in [0.15, 0.2) is 5.57 Å². The number of hydrogen-bond acceptors (Lipinski definition) is 5.